The van der Waals surface area contributed by atoms with Gasteiger partial charge in [-0.15, -0.1) is 0 Å². The fourth-order valence-corrected chi connectivity index (χ4v) is 1.16. The molecule has 1 aliphatic heterocycles. The lowest BCUT2D eigenvalue weighted by Gasteiger charge is -2.29. The van der Waals surface area contributed by atoms with E-state index in [1.54, 1.807) is 0 Å². The lowest BCUT2D eigenvalue weighted by molar-refractivity contribution is 0.229. The molecule has 2 amide bonds. The Morgan fingerprint density at radius 2 is 2.27 bits per heavy atom. The maximum Gasteiger partial charge on any atom is 0.322 e. The van der Waals surface area contributed by atoms with Crippen molar-refractivity contribution in [2.24, 2.45) is 0 Å². The lowest BCUT2D eigenvalue weighted by Crippen LogP contribution is -2.58. The van der Waals surface area contributed by atoms with Crippen LogP contribution in [0.3, 0.4) is 0 Å². The predicted octanol–water partition coefficient (Wildman–Crippen LogP) is -0.344. The third-order valence-electron chi connectivity index (χ3n) is 1.92. The number of rotatable bonds is 1. The molecular formula is C6H10N4O. The summed E-state index contributed by atoms with van der Waals surface area (Å²) in [5.74, 6) is 0.233. The summed E-state index contributed by atoms with van der Waals surface area (Å²) in [6, 6.07) is 0.211. The second-order valence-electron chi connectivity index (χ2n) is 2.84. The van der Waals surface area contributed by atoms with E-state index in [4.69, 9.17) is 5.41 Å². The summed E-state index contributed by atoms with van der Waals surface area (Å²) >= 11 is 0. The molecule has 5 heteroatoms. The van der Waals surface area contributed by atoms with Crippen molar-refractivity contribution in [2.45, 2.75) is 18.9 Å². The van der Waals surface area contributed by atoms with E-state index in [1.165, 1.54) is 0 Å². The molecule has 0 aromatic carbocycles. The Labute approximate surface area is 64.3 Å². The Morgan fingerprint density at radius 1 is 1.55 bits per heavy atom. The van der Waals surface area contributed by atoms with Crippen LogP contribution in [0.15, 0.2) is 0 Å². The normalized spacial score (nSPS) is 24.5. The van der Waals surface area contributed by atoms with Crippen molar-refractivity contribution < 1.29 is 4.79 Å². The molecule has 1 heterocycles. The van der Waals surface area contributed by atoms with Crippen LogP contribution in [0.5, 0.6) is 0 Å². The van der Waals surface area contributed by atoms with Crippen molar-refractivity contribution in [3.8, 4) is 0 Å². The lowest BCUT2D eigenvalue weighted by atomic mass is 10.5. The number of carbonyl (C=O) groups excluding carboxylic acids is 1. The number of amides is 2. The van der Waals surface area contributed by atoms with E-state index in [0.717, 1.165) is 12.8 Å². The van der Waals surface area contributed by atoms with Gasteiger partial charge in [0.15, 0.2) is 0 Å². The quantitative estimate of drug-likeness (QED) is 0.483. The number of guanidine groups is 1. The van der Waals surface area contributed by atoms with Crippen molar-refractivity contribution in [1.82, 2.24) is 15.5 Å². The van der Waals surface area contributed by atoms with Crippen LogP contribution in [0.1, 0.15) is 12.8 Å². The molecule has 0 spiro atoms. The van der Waals surface area contributed by atoms with Gasteiger partial charge in [0, 0.05) is 6.04 Å². The second kappa shape index (κ2) is 2.11. The summed E-state index contributed by atoms with van der Waals surface area (Å²) in [6.07, 6.45) is 2.28. The SMILES string of the molecule is N=C1NC(=O)NCN1C1CC1. The molecule has 0 atom stereocenters. The molecule has 3 N–H and O–H groups in total. The summed E-state index contributed by atoms with van der Waals surface area (Å²) in [4.78, 5) is 12.5. The van der Waals surface area contributed by atoms with Crippen LogP contribution in [0.2, 0.25) is 0 Å². The summed E-state index contributed by atoms with van der Waals surface area (Å²) in [6.45, 7) is 0.481. The van der Waals surface area contributed by atoms with Crippen LogP contribution < -0.4 is 10.6 Å². The predicted molar refractivity (Wildman–Crippen MR) is 39.1 cm³/mol. The zero-order chi connectivity index (χ0) is 7.84. The molecule has 0 aromatic heterocycles. The average molecular weight is 154 g/mol. The minimum atomic E-state index is -0.271. The summed E-state index contributed by atoms with van der Waals surface area (Å²) < 4.78 is 0. The molecule has 0 unspecified atom stereocenters. The van der Waals surface area contributed by atoms with Crippen molar-refractivity contribution in [3.05, 3.63) is 0 Å². The highest BCUT2D eigenvalue weighted by molar-refractivity contribution is 5.96. The zero-order valence-corrected chi connectivity index (χ0v) is 6.05. The summed E-state index contributed by atoms with van der Waals surface area (Å²) in [5, 5.41) is 12.4. The van der Waals surface area contributed by atoms with E-state index in [0.29, 0.717) is 12.7 Å². The molecule has 2 rings (SSSR count). The molecule has 1 saturated heterocycles. The number of hydrogen-bond donors (Lipinski definition) is 3. The van der Waals surface area contributed by atoms with Crippen molar-refractivity contribution >= 4 is 12.0 Å². The van der Waals surface area contributed by atoms with E-state index in [-0.39, 0.29) is 12.0 Å². The molecule has 1 aliphatic carbocycles. The highest BCUT2D eigenvalue weighted by Crippen LogP contribution is 2.26. The van der Waals surface area contributed by atoms with E-state index in [1.807, 2.05) is 4.90 Å². The summed E-state index contributed by atoms with van der Waals surface area (Å²) in [7, 11) is 0. The first-order chi connectivity index (χ1) is 5.27. The standard InChI is InChI=1S/C6H10N4O/c7-5-9-6(11)8-3-10(5)4-1-2-4/h4H,1-3H2,(H3,7,8,9,11). The maximum absolute atomic E-state index is 10.7. The number of urea groups is 1. The van der Waals surface area contributed by atoms with E-state index in [9.17, 15) is 4.79 Å². The van der Waals surface area contributed by atoms with Gasteiger partial charge in [-0.2, -0.15) is 0 Å². The average Bonchev–Trinajstić information content (AvgIpc) is 2.70. The van der Waals surface area contributed by atoms with Gasteiger partial charge in [0.1, 0.15) is 0 Å². The molecule has 1 saturated carbocycles. The zero-order valence-electron chi connectivity index (χ0n) is 6.05. The Kier molecular flexibility index (Phi) is 1.24. The Balaban J connectivity index is 2.00. The first-order valence-corrected chi connectivity index (χ1v) is 3.67. The second-order valence-corrected chi connectivity index (χ2v) is 2.84. The fourth-order valence-electron chi connectivity index (χ4n) is 1.16. The van der Waals surface area contributed by atoms with E-state index < -0.39 is 0 Å². The Bertz CT molecular complexity index is 211. The number of carbonyl (C=O) groups is 1. The van der Waals surface area contributed by atoms with Gasteiger partial charge in [-0.25, -0.2) is 4.79 Å². The maximum atomic E-state index is 10.7. The summed E-state index contributed by atoms with van der Waals surface area (Å²) in [5.41, 5.74) is 0. The molecule has 60 valence electrons. The topological polar surface area (TPSA) is 68.2 Å². The monoisotopic (exact) mass is 154 g/mol. The molecule has 0 aromatic rings. The molecule has 0 radical (unpaired) electrons. The van der Waals surface area contributed by atoms with Crippen molar-refractivity contribution in [1.29, 1.82) is 5.41 Å². The minimum Gasteiger partial charge on any atom is -0.322 e. The highest BCUT2D eigenvalue weighted by Gasteiger charge is 2.33. The van der Waals surface area contributed by atoms with Gasteiger partial charge in [-0.05, 0) is 12.8 Å². The van der Waals surface area contributed by atoms with Gasteiger partial charge >= 0.3 is 6.03 Å². The van der Waals surface area contributed by atoms with Crippen LogP contribution >= 0.6 is 0 Å². The van der Waals surface area contributed by atoms with Crippen LogP contribution in [0.4, 0.5) is 4.79 Å². The largest absolute Gasteiger partial charge is 0.322 e. The first kappa shape index (κ1) is 6.45. The first-order valence-electron chi connectivity index (χ1n) is 3.67. The van der Waals surface area contributed by atoms with Gasteiger partial charge in [0.05, 0.1) is 6.67 Å². The third-order valence-corrected chi connectivity index (χ3v) is 1.92. The smallest absolute Gasteiger partial charge is 0.322 e. The molecule has 5 nitrogen and oxygen atoms in total. The third kappa shape index (κ3) is 1.13. The molecular weight excluding hydrogens is 144 g/mol. The fraction of sp³-hybridized carbons (Fsp3) is 0.667. The molecule has 11 heavy (non-hydrogen) atoms. The Hall–Kier alpha value is -1.26. The number of nitrogens with zero attached hydrogens (tertiary/aromatic N) is 1. The van der Waals surface area contributed by atoms with Gasteiger partial charge in [-0.1, -0.05) is 0 Å². The highest BCUT2D eigenvalue weighted by atomic mass is 16.2. The van der Waals surface area contributed by atoms with Gasteiger partial charge in [0.25, 0.3) is 0 Å². The Morgan fingerprint density at radius 3 is 2.82 bits per heavy atom. The van der Waals surface area contributed by atoms with Gasteiger partial charge in [0.2, 0.25) is 5.96 Å². The van der Waals surface area contributed by atoms with Crippen LogP contribution in [-0.4, -0.2) is 29.6 Å². The van der Waals surface area contributed by atoms with E-state index in [2.05, 4.69) is 10.6 Å². The van der Waals surface area contributed by atoms with Crippen molar-refractivity contribution in [2.75, 3.05) is 6.67 Å². The van der Waals surface area contributed by atoms with Crippen molar-refractivity contribution in [3.63, 3.8) is 0 Å². The van der Waals surface area contributed by atoms with Crippen LogP contribution in [-0.2, 0) is 0 Å². The number of hydrogen-bond acceptors (Lipinski definition) is 2. The van der Waals surface area contributed by atoms with Gasteiger partial charge < -0.3 is 10.2 Å². The molecule has 2 aliphatic rings. The molecule has 0 bridgehead atoms. The van der Waals surface area contributed by atoms with Gasteiger partial charge in [-0.3, -0.25) is 10.7 Å². The minimum absolute atomic E-state index is 0.233. The molecule has 2 fully saturated rings. The number of nitrogens with one attached hydrogen (secondary N) is 3. The van der Waals surface area contributed by atoms with Crippen LogP contribution in [0.25, 0.3) is 0 Å². The van der Waals surface area contributed by atoms with E-state index >= 15 is 0 Å². The van der Waals surface area contributed by atoms with Crippen LogP contribution in [0, 0.1) is 5.41 Å².